The zero-order chi connectivity index (χ0) is 6.97. The van der Waals surface area contributed by atoms with E-state index < -0.39 is 0 Å². The maximum atomic E-state index is 5.32. The molecule has 0 radical (unpaired) electrons. The van der Waals surface area contributed by atoms with Gasteiger partial charge in [-0.2, -0.15) is 0 Å². The van der Waals surface area contributed by atoms with E-state index in [1.165, 1.54) is 25.9 Å². The summed E-state index contributed by atoms with van der Waals surface area (Å²) < 4.78 is 5.32. The largest absolute Gasteiger partial charge is 0.381 e. The summed E-state index contributed by atoms with van der Waals surface area (Å²) in [6.45, 7) is 2.45. The van der Waals surface area contributed by atoms with Crippen molar-refractivity contribution in [2.45, 2.75) is 18.9 Å². The van der Waals surface area contributed by atoms with Crippen molar-refractivity contribution in [1.29, 1.82) is 0 Å². The summed E-state index contributed by atoms with van der Waals surface area (Å²) in [7, 11) is 1.83. The lowest BCUT2D eigenvalue weighted by Gasteiger charge is -2.07. The summed E-state index contributed by atoms with van der Waals surface area (Å²) in [6.07, 6.45) is 3.14. The number of halogens is 1. The third-order valence-electron chi connectivity index (χ3n) is 2.94. The molecule has 2 nitrogen and oxygen atoms in total. The van der Waals surface area contributed by atoms with E-state index in [4.69, 9.17) is 4.74 Å². The van der Waals surface area contributed by atoms with Crippen LogP contribution in [-0.4, -0.2) is 26.3 Å². The van der Waals surface area contributed by atoms with Crippen LogP contribution >= 0.6 is 12.4 Å². The Kier molecular flexibility index (Phi) is 3.16. The lowest BCUT2D eigenvalue weighted by atomic mass is 10.0. The molecule has 1 N–H and O–H groups in total. The van der Waals surface area contributed by atoms with Gasteiger partial charge in [-0.15, -0.1) is 12.4 Å². The topological polar surface area (TPSA) is 21.3 Å². The molecule has 2 fully saturated rings. The van der Waals surface area contributed by atoms with Gasteiger partial charge in [-0.3, -0.25) is 0 Å². The molecule has 0 bridgehead atoms. The SMILES string of the molecule is COC1C[C@H]2CNC[C@H]2C1.Cl. The Balaban J connectivity index is 0.000000605. The minimum absolute atomic E-state index is 0. The second-order valence-corrected chi connectivity index (χ2v) is 3.51. The fraction of sp³-hybridized carbons (Fsp3) is 1.00. The predicted molar refractivity (Wildman–Crippen MR) is 47.1 cm³/mol. The second-order valence-electron chi connectivity index (χ2n) is 3.51. The van der Waals surface area contributed by atoms with Crippen molar-refractivity contribution in [3.63, 3.8) is 0 Å². The summed E-state index contributed by atoms with van der Waals surface area (Å²) in [5.74, 6) is 1.84. The van der Waals surface area contributed by atoms with E-state index in [0.29, 0.717) is 6.10 Å². The van der Waals surface area contributed by atoms with Gasteiger partial charge >= 0.3 is 0 Å². The fourth-order valence-corrected chi connectivity index (χ4v) is 2.30. The van der Waals surface area contributed by atoms with E-state index in [2.05, 4.69) is 5.32 Å². The van der Waals surface area contributed by atoms with E-state index in [1.54, 1.807) is 0 Å². The molecular formula is C8H16ClNO. The summed E-state index contributed by atoms with van der Waals surface area (Å²) in [5.41, 5.74) is 0. The molecular weight excluding hydrogens is 162 g/mol. The summed E-state index contributed by atoms with van der Waals surface area (Å²) >= 11 is 0. The highest BCUT2D eigenvalue weighted by Gasteiger charge is 2.36. The zero-order valence-corrected chi connectivity index (χ0v) is 7.69. The van der Waals surface area contributed by atoms with Crippen LogP contribution in [0.15, 0.2) is 0 Å². The number of rotatable bonds is 1. The van der Waals surface area contributed by atoms with Crippen LogP contribution in [0, 0.1) is 11.8 Å². The van der Waals surface area contributed by atoms with Gasteiger partial charge in [-0.25, -0.2) is 0 Å². The average Bonchev–Trinajstić information content (AvgIpc) is 2.42. The van der Waals surface area contributed by atoms with E-state index in [1.807, 2.05) is 7.11 Å². The molecule has 1 saturated heterocycles. The normalized spacial score (nSPS) is 41.7. The maximum absolute atomic E-state index is 5.32. The van der Waals surface area contributed by atoms with Crippen LogP contribution in [-0.2, 0) is 4.74 Å². The van der Waals surface area contributed by atoms with E-state index in [0.717, 1.165) is 11.8 Å². The number of nitrogens with one attached hydrogen (secondary N) is 1. The van der Waals surface area contributed by atoms with Crippen molar-refractivity contribution < 1.29 is 4.74 Å². The molecule has 1 saturated carbocycles. The number of ether oxygens (including phenoxy) is 1. The van der Waals surface area contributed by atoms with Gasteiger partial charge < -0.3 is 10.1 Å². The first-order valence-electron chi connectivity index (χ1n) is 4.13. The van der Waals surface area contributed by atoms with Crippen LogP contribution in [0.25, 0.3) is 0 Å². The van der Waals surface area contributed by atoms with Gasteiger partial charge in [-0.1, -0.05) is 0 Å². The van der Waals surface area contributed by atoms with Crippen LogP contribution in [0.5, 0.6) is 0 Å². The maximum Gasteiger partial charge on any atom is 0.0577 e. The Hall–Kier alpha value is 0.210. The molecule has 2 rings (SSSR count). The number of hydrogen-bond donors (Lipinski definition) is 1. The molecule has 0 amide bonds. The smallest absolute Gasteiger partial charge is 0.0577 e. The van der Waals surface area contributed by atoms with Gasteiger partial charge in [0.25, 0.3) is 0 Å². The minimum Gasteiger partial charge on any atom is -0.381 e. The molecule has 0 aromatic rings. The Morgan fingerprint density at radius 3 is 2.18 bits per heavy atom. The van der Waals surface area contributed by atoms with Crippen molar-refractivity contribution in [2.75, 3.05) is 20.2 Å². The predicted octanol–water partition coefficient (Wildman–Crippen LogP) is 1.05. The molecule has 1 aliphatic carbocycles. The second kappa shape index (κ2) is 3.74. The van der Waals surface area contributed by atoms with Crippen molar-refractivity contribution in [3.05, 3.63) is 0 Å². The van der Waals surface area contributed by atoms with Gasteiger partial charge in [0.2, 0.25) is 0 Å². The standard InChI is InChI=1S/C8H15NO.ClH/c1-10-8-2-6-4-9-5-7(6)3-8;/h6-9H,2-5H2,1H3;1H/t6-,7+,8?;. The van der Waals surface area contributed by atoms with Crippen LogP contribution in [0.3, 0.4) is 0 Å². The van der Waals surface area contributed by atoms with Crippen molar-refractivity contribution in [2.24, 2.45) is 11.8 Å². The Morgan fingerprint density at radius 1 is 1.18 bits per heavy atom. The first kappa shape index (κ1) is 9.30. The quantitative estimate of drug-likeness (QED) is 0.647. The Labute approximate surface area is 74.1 Å². The molecule has 0 aromatic carbocycles. The molecule has 11 heavy (non-hydrogen) atoms. The monoisotopic (exact) mass is 177 g/mol. The van der Waals surface area contributed by atoms with Gasteiger partial charge in [0, 0.05) is 7.11 Å². The van der Waals surface area contributed by atoms with Gasteiger partial charge in [0.15, 0.2) is 0 Å². The molecule has 3 heteroatoms. The molecule has 3 atom stereocenters. The number of fused-ring (bicyclic) bond motifs is 1. The Bertz CT molecular complexity index is 119. The molecule has 1 aliphatic heterocycles. The van der Waals surface area contributed by atoms with E-state index in [9.17, 15) is 0 Å². The van der Waals surface area contributed by atoms with E-state index >= 15 is 0 Å². The van der Waals surface area contributed by atoms with Gasteiger partial charge in [0.1, 0.15) is 0 Å². The highest BCUT2D eigenvalue weighted by Crippen LogP contribution is 2.35. The third kappa shape index (κ3) is 1.68. The number of hydrogen-bond acceptors (Lipinski definition) is 2. The lowest BCUT2D eigenvalue weighted by molar-refractivity contribution is 0.102. The highest BCUT2D eigenvalue weighted by molar-refractivity contribution is 5.85. The zero-order valence-electron chi connectivity index (χ0n) is 6.88. The van der Waals surface area contributed by atoms with E-state index in [-0.39, 0.29) is 12.4 Å². The average molecular weight is 178 g/mol. The van der Waals surface area contributed by atoms with Gasteiger partial charge in [-0.05, 0) is 37.8 Å². The minimum atomic E-state index is 0. The first-order chi connectivity index (χ1) is 4.90. The molecule has 66 valence electrons. The summed E-state index contributed by atoms with van der Waals surface area (Å²) in [4.78, 5) is 0. The van der Waals surface area contributed by atoms with Crippen LogP contribution in [0.4, 0.5) is 0 Å². The van der Waals surface area contributed by atoms with Crippen LogP contribution in [0.2, 0.25) is 0 Å². The van der Waals surface area contributed by atoms with Crippen molar-refractivity contribution >= 4 is 12.4 Å². The fourth-order valence-electron chi connectivity index (χ4n) is 2.30. The Morgan fingerprint density at radius 2 is 1.73 bits per heavy atom. The number of methoxy groups -OCH3 is 1. The molecule has 2 aliphatic rings. The third-order valence-corrected chi connectivity index (χ3v) is 2.94. The van der Waals surface area contributed by atoms with Crippen LogP contribution < -0.4 is 5.32 Å². The highest BCUT2D eigenvalue weighted by atomic mass is 35.5. The van der Waals surface area contributed by atoms with Gasteiger partial charge in [0.05, 0.1) is 6.10 Å². The van der Waals surface area contributed by atoms with Crippen molar-refractivity contribution in [1.82, 2.24) is 5.32 Å². The molecule has 0 spiro atoms. The van der Waals surface area contributed by atoms with Crippen LogP contribution in [0.1, 0.15) is 12.8 Å². The first-order valence-corrected chi connectivity index (χ1v) is 4.13. The molecule has 0 aromatic heterocycles. The lowest BCUT2D eigenvalue weighted by Crippen LogP contribution is -2.15. The molecule has 1 unspecified atom stereocenters. The summed E-state index contributed by atoms with van der Waals surface area (Å²) in [5, 5.41) is 3.41. The molecule has 1 heterocycles. The summed E-state index contributed by atoms with van der Waals surface area (Å²) in [6, 6.07) is 0. The van der Waals surface area contributed by atoms with Crippen molar-refractivity contribution in [3.8, 4) is 0 Å².